The van der Waals surface area contributed by atoms with Gasteiger partial charge in [0.05, 0.1) is 11.6 Å². The van der Waals surface area contributed by atoms with E-state index in [-0.39, 0.29) is 6.04 Å². The van der Waals surface area contributed by atoms with Crippen LogP contribution in [-0.4, -0.2) is 0 Å². The molecule has 1 N–H and O–H groups in total. The maximum absolute atomic E-state index is 9.02. The summed E-state index contributed by atoms with van der Waals surface area (Å²) in [5.74, 6) is 0. The molecule has 0 saturated heterocycles. The average molecular weight is 236 g/mol. The van der Waals surface area contributed by atoms with Gasteiger partial charge in [-0.1, -0.05) is 48.5 Å². The third kappa shape index (κ3) is 2.97. The smallest absolute Gasteiger partial charge is 0.0995 e. The zero-order valence-electron chi connectivity index (χ0n) is 10.4. The van der Waals surface area contributed by atoms with Gasteiger partial charge < -0.3 is 5.32 Å². The van der Waals surface area contributed by atoms with Gasteiger partial charge in [-0.25, -0.2) is 0 Å². The molecule has 18 heavy (non-hydrogen) atoms. The van der Waals surface area contributed by atoms with E-state index in [9.17, 15) is 0 Å². The van der Waals surface area contributed by atoms with Crippen molar-refractivity contribution in [2.75, 3.05) is 0 Å². The van der Waals surface area contributed by atoms with E-state index < -0.39 is 0 Å². The minimum Gasteiger partial charge on any atom is -0.306 e. The average Bonchev–Trinajstić information content (AvgIpc) is 2.46. The summed E-state index contributed by atoms with van der Waals surface area (Å²) in [7, 11) is 0. The van der Waals surface area contributed by atoms with Crippen LogP contribution >= 0.6 is 0 Å². The largest absolute Gasteiger partial charge is 0.306 e. The second-order valence-electron chi connectivity index (χ2n) is 4.28. The van der Waals surface area contributed by atoms with Gasteiger partial charge in [-0.15, -0.1) is 0 Å². The highest BCUT2D eigenvalue weighted by atomic mass is 14.9. The Balaban J connectivity index is 2.02. The van der Waals surface area contributed by atoms with Crippen LogP contribution in [0, 0.1) is 11.3 Å². The second kappa shape index (κ2) is 6.00. The predicted molar refractivity (Wildman–Crippen MR) is 72.9 cm³/mol. The number of hydrogen-bond acceptors (Lipinski definition) is 2. The van der Waals surface area contributed by atoms with Crippen LogP contribution in [0.4, 0.5) is 0 Å². The van der Waals surface area contributed by atoms with Crippen molar-refractivity contribution in [2.24, 2.45) is 0 Å². The normalized spacial score (nSPS) is 11.8. The molecule has 0 bridgehead atoms. The zero-order chi connectivity index (χ0) is 12.8. The van der Waals surface area contributed by atoms with Crippen LogP contribution in [0.2, 0.25) is 0 Å². The molecule has 0 spiro atoms. The molecule has 0 aromatic heterocycles. The third-order valence-electron chi connectivity index (χ3n) is 3.04. The van der Waals surface area contributed by atoms with Crippen LogP contribution in [0.15, 0.2) is 54.6 Å². The van der Waals surface area contributed by atoms with Crippen LogP contribution < -0.4 is 5.32 Å². The lowest BCUT2D eigenvalue weighted by Gasteiger charge is -2.14. The van der Waals surface area contributed by atoms with E-state index in [1.807, 2.05) is 42.5 Å². The quantitative estimate of drug-likeness (QED) is 0.883. The summed E-state index contributed by atoms with van der Waals surface area (Å²) in [6, 6.07) is 20.5. The minimum atomic E-state index is 0.276. The van der Waals surface area contributed by atoms with Gasteiger partial charge in [-0.3, -0.25) is 0 Å². The van der Waals surface area contributed by atoms with E-state index >= 15 is 0 Å². The Morgan fingerprint density at radius 1 is 1.06 bits per heavy atom. The highest BCUT2D eigenvalue weighted by molar-refractivity contribution is 5.37. The summed E-state index contributed by atoms with van der Waals surface area (Å²) in [6.45, 7) is 2.84. The van der Waals surface area contributed by atoms with Gasteiger partial charge in [0.25, 0.3) is 0 Å². The molecule has 2 rings (SSSR count). The molecule has 1 unspecified atom stereocenters. The summed E-state index contributed by atoms with van der Waals surface area (Å²) < 4.78 is 0. The maximum Gasteiger partial charge on any atom is 0.0995 e. The lowest BCUT2D eigenvalue weighted by atomic mass is 10.1. The molecular weight excluding hydrogens is 220 g/mol. The zero-order valence-corrected chi connectivity index (χ0v) is 10.4. The lowest BCUT2D eigenvalue weighted by molar-refractivity contribution is 0.574. The molecule has 2 aromatic rings. The predicted octanol–water partition coefficient (Wildman–Crippen LogP) is 3.41. The van der Waals surface area contributed by atoms with Crippen LogP contribution in [0.3, 0.4) is 0 Å². The first-order chi connectivity index (χ1) is 8.81. The standard InChI is InChI=1S/C16H16N2/c1-13(14-7-3-2-4-8-14)18-12-16-10-6-5-9-15(16)11-17/h2-10,13,18H,12H2,1H3. The highest BCUT2D eigenvalue weighted by Gasteiger charge is 2.05. The second-order valence-corrected chi connectivity index (χ2v) is 4.28. The summed E-state index contributed by atoms with van der Waals surface area (Å²) in [5.41, 5.74) is 3.04. The fraction of sp³-hybridized carbons (Fsp3) is 0.188. The Labute approximate surface area is 108 Å². The topological polar surface area (TPSA) is 35.8 Å². The summed E-state index contributed by atoms with van der Waals surface area (Å²) >= 11 is 0. The maximum atomic E-state index is 9.02. The van der Waals surface area contributed by atoms with Crippen molar-refractivity contribution in [2.45, 2.75) is 19.5 Å². The van der Waals surface area contributed by atoms with Crippen molar-refractivity contribution in [3.63, 3.8) is 0 Å². The third-order valence-corrected chi connectivity index (χ3v) is 3.04. The number of rotatable bonds is 4. The van der Waals surface area contributed by atoms with E-state index in [1.165, 1.54) is 5.56 Å². The first kappa shape index (κ1) is 12.3. The first-order valence-corrected chi connectivity index (χ1v) is 6.07. The number of benzene rings is 2. The van der Waals surface area contributed by atoms with Crippen LogP contribution in [0.25, 0.3) is 0 Å². The van der Waals surface area contributed by atoms with Gasteiger partial charge in [-0.2, -0.15) is 5.26 Å². The van der Waals surface area contributed by atoms with E-state index in [0.29, 0.717) is 6.54 Å². The Kier molecular flexibility index (Phi) is 4.11. The number of hydrogen-bond donors (Lipinski definition) is 1. The SMILES string of the molecule is CC(NCc1ccccc1C#N)c1ccccc1. The van der Waals surface area contributed by atoms with Crippen molar-refractivity contribution in [1.82, 2.24) is 5.32 Å². The Bertz CT molecular complexity index is 541. The fourth-order valence-electron chi connectivity index (χ4n) is 1.91. The Hall–Kier alpha value is -2.11. The monoisotopic (exact) mass is 236 g/mol. The molecular formula is C16H16N2. The molecule has 2 aromatic carbocycles. The molecule has 0 amide bonds. The Morgan fingerprint density at radius 2 is 1.72 bits per heavy atom. The van der Waals surface area contributed by atoms with Gasteiger partial charge in [0.15, 0.2) is 0 Å². The fourth-order valence-corrected chi connectivity index (χ4v) is 1.91. The summed E-state index contributed by atoms with van der Waals surface area (Å²) in [4.78, 5) is 0. The molecule has 2 nitrogen and oxygen atoms in total. The van der Waals surface area contributed by atoms with Crippen molar-refractivity contribution in [3.05, 3.63) is 71.3 Å². The molecule has 2 heteroatoms. The number of nitrogens with one attached hydrogen (secondary N) is 1. The van der Waals surface area contributed by atoms with Gasteiger partial charge in [0.2, 0.25) is 0 Å². The van der Waals surface area contributed by atoms with Gasteiger partial charge in [0.1, 0.15) is 0 Å². The summed E-state index contributed by atoms with van der Waals surface area (Å²) in [6.07, 6.45) is 0. The van der Waals surface area contributed by atoms with Crippen molar-refractivity contribution in [3.8, 4) is 6.07 Å². The molecule has 1 atom stereocenters. The van der Waals surface area contributed by atoms with Crippen LogP contribution in [0.5, 0.6) is 0 Å². The van der Waals surface area contributed by atoms with Crippen LogP contribution in [0.1, 0.15) is 29.7 Å². The molecule has 0 heterocycles. The molecule has 0 aliphatic heterocycles. The van der Waals surface area contributed by atoms with Crippen molar-refractivity contribution >= 4 is 0 Å². The van der Waals surface area contributed by atoms with E-state index in [2.05, 4.69) is 30.4 Å². The van der Waals surface area contributed by atoms with Gasteiger partial charge >= 0.3 is 0 Å². The molecule has 0 aliphatic carbocycles. The highest BCUT2D eigenvalue weighted by Crippen LogP contribution is 2.13. The number of nitriles is 1. The number of nitrogens with zero attached hydrogens (tertiary/aromatic N) is 1. The Morgan fingerprint density at radius 3 is 2.44 bits per heavy atom. The van der Waals surface area contributed by atoms with E-state index in [4.69, 9.17) is 5.26 Å². The molecule has 0 radical (unpaired) electrons. The molecule has 0 fully saturated rings. The molecule has 90 valence electrons. The van der Waals surface area contributed by atoms with Crippen LogP contribution in [-0.2, 0) is 6.54 Å². The van der Waals surface area contributed by atoms with Gasteiger partial charge in [0, 0.05) is 12.6 Å². The van der Waals surface area contributed by atoms with Crippen molar-refractivity contribution < 1.29 is 0 Å². The van der Waals surface area contributed by atoms with Gasteiger partial charge in [-0.05, 0) is 24.1 Å². The molecule has 0 aliphatic rings. The lowest BCUT2D eigenvalue weighted by Crippen LogP contribution is -2.18. The molecule has 0 saturated carbocycles. The van der Waals surface area contributed by atoms with Crippen molar-refractivity contribution in [1.29, 1.82) is 5.26 Å². The minimum absolute atomic E-state index is 0.276. The first-order valence-electron chi connectivity index (χ1n) is 6.07. The van der Waals surface area contributed by atoms with E-state index in [1.54, 1.807) is 0 Å². The summed E-state index contributed by atoms with van der Waals surface area (Å²) in [5, 5.41) is 12.5. The van der Waals surface area contributed by atoms with E-state index in [0.717, 1.165) is 11.1 Å².